The number of nitrogens with one attached hydrogen (secondary N) is 1. The highest BCUT2D eigenvalue weighted by Gasteiger charge is 2.16. The summed E-state index contributed by atoms with van der Waals surface area (Å²) in [6.07, 6.45) is 4.69. The number of ketones is 1. The van der Waals surface area contributed by atoms with E-state index in [0.717, 1.165) is 35.7 Å². The average Bonchev–Trinajstić information content (AvgIpc) is 2.74. The van der Waals surface area contributed by atoms with Crippen molar-refractivity contribution in [2.24, 2.45) is 0 Å². The summed E-state index contributed by atoms with van der Waals surface area (Å²) >= 11 is 0. The van der Waals surface area contributed by atoms with Crippen LogP contribution in [0.25, 0.3) is 10.9 Å². The van der Waals surface area contributed by atoms with Crippen molar-refractivity contribution in [3.63, 3.8) is 0 Å². The van der Waals surface area contributed by atoms with E-state index in [4.69, 9.17) is 0 Å². The monoisotopic (exact) mass is 231 g/mol. The number of carbonyl (C=O) groups is 1. The number of H-pyrrole nitrogens is 1. The summed E-state index contributed by atoms with van der Waals surface area (Å²) in [7, 11) is 0. The molecule has 0 fully saturated rings. The standard InChI is InChI=1S/C14H17NO2/c1-3-4-5-10-8-12-11(6-7-15-12)14(17)13(10)9(2)16/h6-8,15,17H,3-5H2,1-2H3. The number of hydrogen-bond acceptors (Lipinski definition) is 2. The molecule has 0 unspecified atom stereocenters. The molecule has 0 saturated carbocycles. The maximum Gasteiger partial charge on any atom is 0.163 e. The third kappa shape index (κ3) is 2.05. The number of phenolic OH excluding ortho intramolecular Hbond substituents is 1. The molecule has 2 aromatic rings. The Bertz CT molecular complexity index is 555. The minimum Gasteiger partial charge on any atom is -0.506 e. The number of Topliss-reactive ketones (excluding diaryl/α,β-unsaturated/α-hetero) is 1. The molecule has 0 spiro atoms. The molecule has 0 atom stereocenters. The number of aromatic amines is 1. The zero-order valence-electron chi connectivity index (χ0n) is 10.2. The van der Waals surface area contributed by atoms with Gasteiger partial charge < -0.3 is 10.1 Å². The number of carbonyl (C=O) groups excluding carboxylic acids is 1. The molecule has 17 heavy (non-hydrogen) atoms. The largest absolute Gasteiger partial charge is 0.506 e. The van der Waals surface area contributed by atoms with Crippen LogP contribution in [0.4, 0.5) is 0 Å². The van der Waals surface area contributed by atoms with Gasteiger partial charge in [0.05, 0.1) is 5.56 Å². The van der Waals surface area contributed by atoms with Crippen LogP contribution in [0.1, 0.15) is 42.6 Å². The average molecular weight is 231 g/mol. The highest BCUT2D eigenvalue weighted by molar-refractivity contribution is 6.04. The Labute approximate surface area is 100 Å². The molecule has 1 aromatic heterocycles. The molecule has 3 nitrogen and oxygen atoms in total. The topological polar surface area (TPSA) is 53.1 Å². The second kappa shape index (κ2) is 4.62. The molecule has 90 valence electrons. The number of aromatic nitrogens is 1. The van der Waals surface area contributed by atoms with Crippen molar-refractivity contribution in [3.05, 3.63) is 29.5 Å². The van der Waals surface area contributed by atoms with E-state index in [2.05, 4.69) is 11.9 Å². The molecule has 2 N–H and O–H groups in total. The number of rotatable bonds is 4. The number of unbranched alkanes of at least 4 members (excludes halogenated alkanes) is 1. The highest BCUT2D eigenvalue weighted by atomic mass is 16.3. The SMILES string of the molecule is CCCCc1cc2[nH]ccc2c(O)c1C(C)=O. The lowest BCUT2D eigenvalue weighted by atomic mass is 9.96. The van der Waals surface area contributed by atoms with Crippen molar-refractivity contribution in [1.29, 1.82) is 0 Å². The zero-order valence-corrected chi connectivity index (χ0v) is 10.2. The predicted molar refractivity (Wildman–Crippen MR) is 68.6 cm³/mol. The van der Waals surface area contributed by atoms with Crippen LogP contribution < -0.4 is 0 Å². The molecule has 0 bridgehead atoms. The quantitative estimate of drug-likeness (QED) is 0.792. The Morgan fingerprint density at radius 3 is 2.88 bits per heavy atom. The molecule has 0 aliphatic heterocycles. The van der Waals surface area contributed by atoms with E-state index in [9.17, 15) is 9.90 Å². The van der Waals surface area contributed by atoms with Crippen LogP contribution in [-0.2, 0) is 6.42 Å². The van der Waals surface area contributed by atoms with Gasteiger partial charge in [0.2, 0.25) is 0 Å². The van der Waals surface area contributed by atoms with Gasteiger partial charge in [0.15, 0.2) is 5.78 Å². The van der Waals surface area contributed by atoms with Gasteiger partial charge in [-0.05, 0) is 37.5 Å². The Hall–Kier alpha value is -1.77. The fraction of sp³-hybridized carbons (Fsp3) is 0.357. The first-order valence-corrected chi connectivity index (χ1v) is 5.98. The molecule has 0 saturated heterocycles. The van der Waals surface area contributed by atoms with Crippen LogP contribution in [0, 0.1) is 0 Å². The first-order chi connectivity index (χ1) is 8.15. The van der Waals surface area contributed by atoms with Gasteiger partial charge in [0.1, 0.15) is 5.75 Å². The summed E-state index contributed by atoms with van der Waals surface area (Å²) in [6, 6.07) is 3.77. The first-order valence-electron chi connectivity index (χ1n) is 5.98. The van der Waals surface area contributed by atoms with Crippen molar-refractivity contribution in [1.82, 2.24) is 4.98 Å². The Kier molecular flexibility index (Phi) is 3.18. The van der Waals surface area contributed by atoms with Crippen molar-refractivity contribution in [2.75, 3.05) is 0 Å². The summed E-state index contributed by atoms with van der Waals surface area (Å²) in [5, 5.41) is 10.9. The summed E-state index contributed by atoms with van der Waals surface area (Å²) in [5.41, 5.74) is 2.30. The first kappa shape index (κ1) is 11.7. The van der Waals surface area contributed by atoms with E-state index < -0.39 is 0 Å². The summed E-state index contributed by atoms with van der Waals surface area (Å²) in [5.74, 6) is 0.0408. The molecule has 3 heteroatoms. The van der Waals surface area contributed by atoms with E-state index in [1.54, 1.807) is 12.3 Å². The van der Waals surface area contributed by atoms with Gasteiger partial charge in [-0.3, -0.25) is 4.79 Å². The van der Waals surface area contributed by atoms with Crippen LogP contribution in [0.15, 0.2) is 18.3 Å². The minimum absolute atomic E-state index is 0.0725. The summed E-state index contributed by atoms with van der Waals surface area (Å²) < 4.78 is 0. The van der Waals surface area contributed by atoms with Crippen LogP contribution in [0.5, 0.6) is 5.75 Å². The van der Waals surface area contributed by atoms with E-state index in [-0.39, 0.29) is 11.5 Å². The number of aromatic hydroxyl groups is 1. The highest BCUT2D eigenvalue weighted by Crippen LogP contribution is 2.32. The predicted octanol–water partition coefficient (Wildman–Crippen LogP) is 3.42. The maximum absolute atomic E-state index is 11.6. The lowest BCUT2D eigenvalue weighted by Gasteiger charge is -2.10. The molecule has 2 rings (SSSR count). The lowest BCUT2D eigenvalue weighted by molar-refractivity contribution is 0.101. The smallest absolute Gasteiger partial charge is 0.163 e. The Morgan fingerprint density at radius 1 is 1.47 bits per heavy atom. The third-order valence-corrected chi connectivity index (χ3v) is 3.06. The summed E-state index contributed by atoms with van der Waals surface area (Å²) in [4.78, 5) is 14.7. The Morgan fingerprint density at radius 2 is 2.24 bits per heavy atom. The second-order valence-electron chi connectivity index (χ2n) is 4.36. The maximum atomic E-state index is 11.6. The van der Waals surface area contributed by atoms with Crippen molar-refractivity contribution in [3.8, 4) is 5.75 Å². The third-order valence-electron chi connectivity index (χ3n) is 3.06. The van der Waals surface area contributed by atoms with E-state index >= 15 is 0 Å². The fourth-order valence-electron chi connectivity index (χ4n) is 2.20. The number of aryl methyl sites for hydroxylation is 1. The minimum atomic E-state index is -0.0725. The number of hydrogen-bond donors (Lipinski definition) is 2. The normalized spacial score (nSPS) is 10.9. The van der Waals surface area contributed by atoms with Crippen molar-refractivity contribution in [2.45, 2.75) is 33.1 Å². The number of phenols is 1. The molecule has 0 aliphatic rings. The van der Waals surface area contributed by atoms with Crippen LogP contribution in [0.2, 0.25) is 0 Å². The van der Waals surface area contributed by atoms with Gasteiger partial charge in [-0.15, -0.1) is 0 Å². The van der Waals surface area contributed by atoms with Gasteiger partial charge >= 0.3 is 0 Å². The fourth-order valence-corrected chi connectivity index (χ4v) is 2.20. The van der Waals surface area contributed by atoms with Crippen LogP contribution >= 0.6 is 0 Å². The lowest BCUT2D eigenvalue weighted by Crippen LogP contribution is -2.01. The van der Waals surface area contributed by atoms with Gasteiger partial charge in [-0.1, -0.05) is 13.3 Å². The van der Waals surface area contributed by atoms with Crippen LogP contribution in [-0.4, -0.2) is 15.9 Å². The number of fused-ring (bicyclic) bond motifs is 1. The van der Waals surface area contributed by atoms with Gasteiger partial charge in [0.25, 0.3) is 0 Å². The van der Waals surface area contributed by atoms with Crippen LogP contribution in [0.3, 0.4) is 0 Å². The van der Waals surface area contributed by atoms with Crippen molar-refractivity contribution < 1.29 is 9.90 Å². The summed E-state index contributed by atoms with van der Waals surface area (Å²) in [6.45, 7) is 3.61. The zero-order chi connectivity index (χ0) is 12.4. The van der Waals surface area contributed by atoms with E-state index in [1.165, 1.54) is 6.92 Å². The molecule has 0 radical (unpaired) electrons. The molecular formula is C14H17NO2. The molecule has 0 amide bonds. The van der Waals surface area contributed by atoms with E-state index in [1.807, 2.05) is 6.07 Å². The molecule has 1 heterocycles. The molecule has 1 aromatic carbocycles. The van der Waals surface area contributed by atoms with Crippen molar-refractivity contribution >= 4 is 16.7 Å². The van der Waals surface area contributed by atoms with Gasteiger partial charge in [-0.25, -0.2) is 0 Å². The Balaban J connectivity index is 2.62. The number of benzene rings is 1. The van der Waals surface area contributed by atoms with Gasteiger partial charge in [-0.2, -0.15) is 0 Å². The molecule has 0 aliphatic carbocycles. The second-order valence-corrected chi connectivity index (χ2v) is 4.36. The van der Waals surface area contributed by atoms with Gasteiger partial charge in [0, 0.05) is 17.1 Å². The molecular weight excluding hydrogens is 214 g/mol. The van der Waals surface area contributed by atoms with E-state index in [0.29, 0.717) is 5.56 Å².